The Morgan fingerprint density at radius 2 is 2.10 bits per heavy atom. The number of para-hydroxylation sites is 1. The van der Waals surface area contributed by atoms with E-state index in [0.717, 1.165) is 36.3 Å². The van der Waals surface area contributed by atoms with E-state index in [-0.39, 0.29) is 0 Å². The van der Waals surface area contributed by atoms with E-state index in [4.69, 9.17) is 16.3 Å². The predicted octanol–water partition coefficient (Wildman–Crippen LogP) is 3.04. The molecule has 2 heterocycles. The summed E-state index contributed by atoms with van der Waals surface area (Å²) in [4.78, 5) is 11.2. The molecular formula is C15H16ClN3O. The first-order valence-electron chi connectivity index (χ1n) is 7.13. The SMILES string of the molecule is Clc1nc(N2CCOC3CCCC32)c2ccccc2n1. The van der Waals surface area contributed by atoms with Gasteiger partial charge in [-0.2, -0.15) is 4.98 Å². The molecule has 1 aliphatic heterocycles. The van der Waals surface area contributed by atoms with Crippen LogP contribution in [0.1, 0.15) is 19.3 Å². The summed E-state index contributed by atoms with van der Waals surface area (Å²) in [5.41, 5.74) is 0.906. The van der Waals surface area contributed by atoms with Crippen LogP contribution in [0.2, 0.25) is 5.28 Å². The maximum Gasteiger partial charge on any atom is 0.224 e. The van der Waals surface area contributed by atoms with Gasteiger partial charge in [-0.25, -0.2) is 4.98 Å². The van der Waals surface area contributed by atoms with E-state index >= 15 is 0 Å². The highest BCUT2D eigenvalue weighted by Crippen LogP contribution is 2.35. The Kier molecular flexibility index (Phi) is 3.00. The van der Waals surface area contributed by atoms with Crippen LogP contribution >= 0.6 is 11.6 Å². The first-order valence-corrected chi connectivity index (χ1v) is 7.51. The quantitative estimate of drug-likeness (QED) is 0.756. The van der Waals surface area contributed by atoms with Gasteiger partial charge in [0.2, 0.25) is 5.28 Å². The number of hydrogen-bond donors (Lipinski definition) is 0. The van der Waals surface area contributed by atoms with Gasteiger partial charge in [0.25, 0.3) is 0 Å². The number of benzene rings is 1. The molecule has 5 heteroatoms. The Morgan fingerprint density at radius 1 is 1.20 bits per heavy atom. The molecule has 0 bridgehead atoms. The van der Waals surface area contributed by atoms with Crippen molar-refractivity contribution in [3.05, 3.63) is 29.5 Å². The minimum absolute atomic E-state index is 0.319. The Bertz CT molecular complexity index is 648. The summed E-state index contributed by atoms with van der Waals surface area (Å²) in [5.74, 6) is 0.959. The zero-order valence-corrected chi connectivity index (χ0v) is 11.9. The van der Waals surface area contributed by atoms with E-state index in [1.807, 2.05) is 18.2 Å². The Labute approximate surface area is 122 Å². The van der Waals surface area contributed by atoms with Gasteiger partial charge in [-0.3, -0.25) is 0 Å². The Morgan fingerprint density at radius 3 is 3.05 bits per heavy atom. The molecule has 0 spiro atoms. The number of morpholine rings is 1. The van der Waals surface area contributed by atoms with Crippen molar-refractivity contribution >= 4 is 28.3 Å². The fraction of sp³-hybridized carbons (Fsp3) is 0.467. The summed E-state index contributed by atoms with van der Waals surface area (Å²) < 4.78 is 5.88. The van der Waals surface area contributed by atoms with E-state index in [1.54, 1.807) is 0 Å². The molecule has 0 radical (unpaired) electrons. The van der Waals surface area contributed by atoms with Crippen molar-refractivity contribution in [1.29, 1.82) is 0 Å². The molecule has 2 aliphatic rings. The van der Waals surface area contributed by atoms with E-state index in [1.165, 1.54) is 12.8 Å². The van der Waals surface area contributed by atoms with Gasteiger partial charge in [0.15, 0.2) is 0 Å². The molecule has 1 aromatic carbocycles. The maximum absolute atomic E-state index is 6.11. The third-order valence-electron chi connectivity index (χ3n) is 4.31. The standard InChI is InChI=1S/C15H16ClN3O/c16-15-17-11-5-2-1-4-10(11)14(18-15)19-8-9-20-13-7-3-6-12(13)19/h1-2,4-5,12-13H,3,6-9H2. The van der Waals surface area contributed by atoms with Crippen LogP contribution in [0, 0.1) is 0 Å². The fourth-order valence-electron chi connectivity index (χ4n) is 3.44. The number of hydrogen-bond acceptors (Lipinski definition) is 4. The van der Waals surface area contributed by atoms with E-state index in [2.05, 4.69) is 20.9 Å². The van der Waals surface area contributed by atoms with Crippen LogP contribution in [-0.4, -0.2) is 35.3 Å². The minimum atomic E-state index is 0.319. The van der Waals surface area contributed by atoms with Crippen LogP contribution in [0.15, 0.2) is 24.3 Å². The van der Waals surface area contributed by atoms with E-state index in [9.17, 15) is 0 Å². The average molecular weight is 290 g/mol. The minimum Gasteiger partial charge on any atom is -0.374 e. The smallest absolute Gasteiger partial charge is 0.224 e. The second-order valence-electron chi connectivity index (χ2n) is 5.43. The lowest BCUT2D eigenvalue weighted by atomic mass is 10.1. The zero-order chi connectivity index (χ0) is 13.5. The van der Waals surface area contributed by atoms with E-state index < -0.39 is 0 Å². The largest absolute Gasteiger partial charge is 0.374 e. The van der Waals surface area contributed by atoms with Gasteiger partial charge in [-0.1, -0.05) is 12.1 Å². The molecule has 4 nitrogen and oxygen atoms in total. The fourth-order valence-corrected chi connectivity index (χ4v) is 3.61. The summed E-state index contributed by atoms with van der Waals surface area (Å²) in [7, 11) is 0. The first-order chi connectivity index (χ1) is 9.83. The van der Waals surface area contributed by atoms with Crippen LogP contribution in [0.25, 0.3) is 10.9 Å². The molecule has 4 rings (SSSR count). The third kappa shape index (κ3) is 1.95. The summed E-state index contributed by atoms with van der Waals surface area (Å²) >= 11 is 6.11. The van der Waals surface area contributed by atoms with Gasteiger partial charge >= 0.3 is 0 Å². The average Bonchev–Trinajstić information content (AvgIpc) is 2.94. The Balaban J connectivity index is 1.84. The van der Waals surface area contributed by atoms with Crippen LogP contribution in [0.4, 0.5) is 5.82 Å². The number of nitrogens with zero attached hydrogens (tertiary/aromatic N) is 3. The highest BCUT2D eigenvalue weighted by molar-refractivity contribution is 6.28. The molecule has 104 valence electrons. The number of aromatic nitrogens is 2. The van der Waals surface area contributed by atoms with Crippen molar-refractivity contribution in [3.63, 3.8) is 0 Å². The molecular weight excluding hydrogens is 274 g/mol. The molecule has 2 aromatic rings. The number of fused-ring (bicyclic) bond motifs is 2. The van der Waals surface area contributed by atoms with Crippen LogP contribution < -0.4 is 4.90 Å². The number of anilines is 1. The van der Waals surface area contributed by atoms with Crippen molar-refractivity contribution in [3.8, 4) is 0 Å². The summed E-state index contributed by atoms with van der Waals surface area (Å²) in [5, 5.41) is 1.39. The van der Waals surface area contributed by atoms with Crippen LogP contribution in [-0.2, 0) is 4.74 Å². The first kappa shape index (κ1) is 12.4. The molecule has 2 fully saturated rings. The van der Waals surface area contributed by atoms with E-state index in [0.29, 0.717) is 17.4 Å². The molecule has 20 heavy (non-hydrogen) atoms. The van der Waals surface area contributed by atoms with Crippen molar-refractivity contribution in [1.82, 2.24) is 9.97 Å². The van der Waals surface area contributed by atoms with Gasteiger partial charge < -0.3 is 9.64 Å². The van der Waals surface area contributed by atoms with Crippen LogP contribution in [0.5, 0.6) is 0 Å². The molecule has 1 saturated carbocycles. The zero-order valence-electron chi connectivity index (χ0n) is 11.1. The second-order valence-corrected chi connectivity index (χ2v) is 5.77. The normalized spacial score (nSPS) is 25.9. The molecule has 2 atom stereocenters. The molecule has 2 unspecified atom stereocenters. The predicted molar refractivity (Wildman–Crippen MR) is 79.3 cm³/mol. The molecule has 1 saturated heterocycles. The van der Waals surface area contributed by atoms with Gasteiger partial charge in [0.05, 0.1) is 24.3 Å². The number of halogens is 1. The molecule has 1 aromatic heterocycles. The molecule has 0 amide bonds. The summed E-state index contributed by atoms with van der Waals surface area (Å²) in [6.45, 7) is 1.63. The highest BCUT2D eigenvalue weighted by atomic mass is 35.5. The molecule has 1 aliphatic carbocycles. The number of ether oxygens (including phenoxy) is 1. The number of rotatable bonds is 1. The van der Waals surface area contributed by atoms with Gasteiger partial charge in [-0.15, -0.1) is 0 Å². The van der Waals surface area contributed by atoms with Crippen molar-refractivity contribution < 1.29 is 4.74 Å². The summed E-state index contributed by atoms with van der Waals surface area (Å²) in [6.07, 6.45) is 3.89. The van der Waals surface area contributed by atoms with Crippen LogP contribution in [0.3, 0.4) is 0 Å². The van der Waals surface area contributed by atoms with Gasteiger partial charge in [-0.05, 0) is 43.0 Å². The topological polar surface area (TPSA) is 38.2 Å². The van der Waals surface area contributed by atoms with Gasteiger partial charge in [0, 0.05) is 11.9 Å². The molecule has 0 N–H and O–H groups in total. The Hall–Kier alpha value is -1.39. The lowest BCUT2D eigenvalue weighted by Crippen LogP contribution is -2.49. The van der Waals surface area contributed by atoms with Crippen molar-refractivity contribution in [2.45, 2.75) is 31.4 Å². The monoisotopic (exact) mass is 289 g/mol. The van der Waals surface area contributed by atoms with Gasteiger partial charge in [0.1, 0.15) is 5.82 Å². The lowest BCUT2D eigenvalue weighted by molar-refractivity contribution is 0.0254. The summed E-state index contributed by atoms with van der Waals surface area (Å²) in [6, 6.07) is 8.49. The third-order valence-corrected chi connectivity index (χ3v) is 4.48. The second kappa shape index (κ2) is 4.86. The highest BCUT2D eigenvalue weighted by Gasteiger charge is 2.37. The maximum atomic E-state index is 6.11. The van der Waals surface area contributed by atoms with Crippen molar-refractivity contribution in [2.24, 2.45) is 0 Å². The lowest BCUT2D eigenvalue weighted by Gasteiger charge is -2.38. The van der Waals surface area contributed by atoms with Crippen molar-refractivity contribution in [2.75, 3.05) is 18.1 Å².